The SMILES string of the molecule is CCc1ccccc1NC(=O)CN1CCN(C(=O)c2cccnc2Nc2ccccc2F)CC1. The molecule has 0 aliphatic carbocycles. The summed E-state index contributed by atoms with van der Waals surface area (Å²) in [6.45, 7) is 4.49. The zero-order valence-electron chi connectivity index (χ0n) is 19.1. The largest absolute Gasteiger partial charge is 0.337 e. The topological polar surface area (TPSA) is 77.6 Å². The normalized spacial score (nSPS) is 14.0. The molecular formula is C26H28FN5O2. The average molecular weight is 462 g/mol. The van der Waals surface area contributed by atoms with Crippen molar-refractivity contribution in [1.29, 1.82) is 0 Å². The van der Waals surface area contributed by atoms with Gasteiger partial charge in [0.2, 0.25) is 5.91 Å². The molecule has 0 radical (unpaired) electrons. The maximum Gasteiger partial charge on any atom is 0.257 e. The lowest BCUT2D eigenvalue weighted by Gasteiger charge is -2.34. The van der Waals surface area contributed by atoms with Gasteiger partial charge in [0, 0.05) is 38.1 Å². The van der Waals surface area contributed by atoms with Gasteiger partial charge in [-0.3, -0.25) is 14.5 Å². The third-order valence-electron chi connectivity index (χ3n) is 5.86. The number of nitrogens with zero attached hydrogens (tertiary/aromatic N) is 3. The number of benzene rings is 2. The molecule has 2 heterocycles. The van der Waals surface area contributed by atoms with Crippen molar-refractivity contribution in [2.24, 2.45) is 0 Å². The second-order valence-corrected chi connectivity index (χ2v) is 8.13. The van der Waals surface area contributed by atoms with Crippen LogP contribution in [0.5, 0.6) is 0 Å². The van der Waals surface area contributed by atoms with E-state index >= 15 is 0 Å². The fourth-order valence-corrected chi connectivity index (χ4v) is 3.99. The molecule has 0 unspecified atom stereocenters. The van der Waals surface area contributed by atoms with E-state index in [1.807, 2.05) is 29.2 Å². The van der Waals surface area contributed by atoms with Crippen molar-refractivity contribution in [1.82, 2.24) is 14.8 Å². The van der Waals surface area contributed by atoms with Crippen molar-refractivity contribution in [3.05, 3.63) is 83.8 Å². The first-order chi connectivity index (χ1) is 16.5. The van der Waals surface area contributed by atoms with Crippen LogP contribution in [0.1, 0.15) is 22.8 Å². The Labute approximate surface area is 198 Å². The predicted octanol–water partition coefficient (Wildman–Crippen LogP) is 3.92. The number of nitrogens with one attached hydrogen (secondary N) is 2. The van der Waals surface area contributed by atoms with E-state index in [-0.39, 0.29) is 24.0 Å². The van der Waals surface area contributed by atoms with Crippen LogP contribution >= 0.6 is 0 Å². The number of anilines is 3. The van der Waals surface area contributed by atoms with Gasteiger partial charge in [-0.2, -0.15) is 0 Å². The zero-order valence-corrected chi connectivity index (χ0v) is 19.1. The number of aryl methyl sites for hydroxylation is 1. The van der Waals surface area contributed by atoms with E-state index in [9.17, 15) is 14.0 Å². The molecule has 1 aromatic heterocycles. The minimum Gasteiger partial charge on any atom is -0.337 e. The second kappa shape index (κ2) is 10.9. The summed E-state index contributed by atoms with van der Waals surface area (Å²) in [6, 6.07) is 17.4. The van der Waals surface area contributed by atoms with Gasteiger partial charge in [-0.05, 0) is 42.3 Å². The van der Waals surface area contributed by atoms with Gasteiger partial charge in [0.15, 0.2) is 0 Å². The maximum absolute atomic E-state index is 14.1. The summed E-state index contributed by atoms with van der Waals surface area (Å²) >= 11 is 0. The van der Waals surface area contributed by atoms with Gasteiger partial charge in [-0.15, -0.1) is 0 Å². The van der Waals surface area contributed by atoms with Crippen LogP contribution in [-0.2, 0) is 11.2 Å². The van der Waals surface area contributed by atoms with E-state index in [2.05, 4.69) is 22.5 Å². The lowest BCUT2D eigenvalue weighted by atomic mass is 10.1. The Bertz CT molecular complexity index is 1160. The smallest absolute Gasteiger partial charge is 0.257 e. The number of hydrogen-bond donors (Lipinski definition) is 2. The van der Waals surface area contributed by atoms with Gasteiger partial charge in [-0.25, -0.2) is 9.37 Å². The number of rotatable bonds is 7. The van der Waals surface area contributed by atoms with Crippen LogP contribution in [0.4, 0.5) is 21.6 Å². The molecule has 34 heavy (non-hydrogen) atoms. The van der Waals surface area contributed by atoms with Crippen molar-refractivity contribution in [3.8, 4) is 0 Å². The van der Waals surface area contributed by atoms with Crippen molar-refractivity contribution in [2.75, 3.05) is 43.4 Å². The van der Waals surface area contributed by atoms with E-state index in [0.29, 0.717) is 37.6 Å². The Balaban J connectivity index is 1.34. The molecule has 8 heteroatoms. The standard InChI is InChI=1S/C26H28FN5O2/c1-2-19-8-3-5-11-22(19)29-24(33)18-31-14-16-32(17-15-31)26(34)20-9-7-13-28-25(20)30-23-12-6-4-10-21(23)27/h3-13H,2,14-18H2,1H3,(H,28,30)(H,29,33). The Hall–Kier alpha value is -3.78. The van der Waals surface area contributed by atoms with Crippen molar-refractivity contribution < 1.29 is 14.0 Å². The van der Waals surface area contributed by atoms with Crippen LogP contribution in [0.25, 0.3) is 0 Å². The average Bonchev–Trinajstić information content (AvgIpc) is 2.86. The summed E-state index contributed by atoms with van der Waals surface area (Å²) in [6.07, 6.45) is 2.41. The van der Waals surface area contributed by atoms with Gasteiger partial charge in [-0.1, -0.05) is 37.3 Å². The quantitative estimate of drug-likeness (QED) is 0.558. The molecule has 2 amide bonds. The number of carbonyl (C=O) groups excluding carboxylic acids is 2. The van der Waals surface area contributed by atoms with Gasteiger partial charge < -0.3 is 15.5 Å². The number of hydrogen-bond acceptors (Lipinski definition) is 5. The second-order valence-electron chi connectivity index (χ2n) is 8.13. The Morgan fingerprint density at radius 3 is 2.38 bits per heavy atom. The zero-order chi connectivity index (χ0) is 23.9. The summed E-state index contributed by atoms with van der Waals surface area (Å²) in [7, 11) is 0. The summed E-state index contributed by atoms with van der Waals surface area (Å²) in [5.74, 6) is -0.341. The number of aromatic nitrogens is 1. The van der Waals surface area contributed by atoms with E-state index in [4.69, 9.17) is 0 Å². The summed E-state index contributed by atoms with van der Waals surface area (Å²) < 4.78 is 14.1. The van der Waals surface area contributed by atoms with Crippen molar-refractivity contribution in [2.45, 2.75) is 13.3 Å². The van der Waals surface area contributed by atoms with Gasteiger partial charge >= 0.3 is 0 Å². The molecule has 7 nitrogen and oxygen atoms in total. The van der Waals surface area contributed by atoms with Crippen molar-refractivity contribution >= 4 is 29.0 Å². The monoisotopic (exact) mass is 461 g/mol. The van der Waals surface area contributed by atoms with E-state index in [1.54, 1.807) is 41.4 Å². The Morgan fingerprint density at radius 2 is 1.65 bits per heavy atom. The molecule has 3 aromatic rings. The maximum atomic E-state index is 14.1. The highest BCUT2D eigenvalue weighted by molar-refractivity contribution is 5.99. The van der Waals surface area contributed by atoms with E-state index in [0.717, 1.165) is 17.7 Å². The van der Waals surface area contributed by atoms with Gasteiger partial charge in [0.25, 0.3) is 5.91 Å². The van der Waals surface area contributed by atoms with Gasteiger partial charge in [0.1, 0.15) is 11.6 Å². The fourth-order valence-electron chi connectivity index (χ4n) is 3.99. The highest BCUT2D eigenvalue weighted by Crippen LogP contribution is 2.22. The number of amides is 2. The first-order valence-corrected chi connectivity index (χ1v) is 11.4. The lowest BCUT2D eigenvalue weighted by Crippen LogP contribution is -2.50. The third kappa shape index (κ3) is 5.58. The summed E-state index contributed by atoms with van der Waals surface area (Å²) in [5.41, 5.74) is 2.58. The highest BCUT2D eigenvalue weighted by Gasteiger charge is 2.25. The molecule has 2 aromatic carbocycles. The Kier molecular flexibility index (Phi) is 7.49. The number of carbonyl (C=O) groups is 2. The first kappa shape index (κ1) is 23.4. The first-order valence-electron chi connectivity index (χ1n) is 11.4. The van der Waals surface area contributed by atoms with Crippen LogP contribution in [0.15, 0.2) is 66.9 Å². The molecule has 0 saturated carbocycles. The van der Waals surface area contributed by atoms with Crippen LogP contribution in [-0.4, -0.2) is 59.3 Å². The van der Waals surface area contributed by atoms with Crippen molar-refractivity contribution in [3.63, 3.8) is 0 Å². The molecule has 1 aliphatic rings. The van der Waals surface area contributed by atoms with Crippen LogP contribution in [0.2, 0.25) is 0 Å². The number of piperazine rings is 1. The predicted molar refractivity (Wildman–Crippen MR) is 131 cm³/mol. The minimum absolute atomic E-state index is 0.0655. The third-order valence-corrected chi connectivity index (χ3v) is 5.86. The van der Waals surface area contributed by atoms with Crippen LogP contribution in [0, 0.1) is 5.82 Å². The number of halogens is 1. The van der Waals surface area contributed by atoms with E-state index in [1.165, 1.54) is 6.07 Å². The number of pyridine rings is 1. The number of para-hydroxylation sites is 2. The molecule has 1 fully saturated rings. The molecule has 0 atom stereocenters. The van der Waals surface area contributed by atoms with Crippen LogP contribution < -0.4 is 10.6 Å². The molecule has 2 N–H and O–H groups in total. The molecule has 1 aliphatic heterocycles. The van der Waals surface area contributed by atoms with E-state index < -0.39 is 5.82 Å². The van der Waals surface area contributed by atoms with Gasteiger partial charge in [0.05, 0.1) is 17.8 Å². The molecule has 4 rings (SSSR count). The molecule has 0 bridgehead atoms. The lowest BCUT2D eigenvalue weighted by molar-refractivity contribution is -0.117. The summed E-state index contributed by atoms with van der Waals surface area (Å²) in [4.78, 5) is 33.8. The van der Waals surface area contributed by atoms with Crippen LogP contribution in [0.3, 0.4) is 0 Å². The molecule has 1 saturated heterocycles. The highest BCUT2D eigenvalue weighted by atomic mass is 19.1. The fraction of sp³-hybridized carbons (Fsp3) is 0.269. The molecule has 176 valence electrons. The molecular weight excluding hydrogens is 433 g/mol. The summed E-state index contributed by atoms with van der Waals surface area (Å²) in [5, 5.41) is 5.93. The Morgan fingerprint density at radius 1 is 0.941 bits per heavy atom. The molecule has 0 spiro atoms. The minimum atomic E-state index is -0.417.